The molecule has 0 aromatic heterocycles. The molecule has 5 nitrogen and oxygen atoms in total. The average molecular weight is 272 g/mol. The van der Waals surface area contributed by atoms with E-state index in [-0.39, 0.29) is 12.7 Å². The Hall–Kier alpha value is -0.810. The molecule has 1 fully saturated rings. The Morgan fingerprint density at radius 3 is 2.79 bits per heavy atom. The number of ether oxygens (including phenoxy) is 1. The van der Waals surface area contributed by atoms with E-state index in [1.165, 1.54) is 6.42 Å². The van der Waals surface area contributed by atoms with Gasteiger partial charge in [-0.15, -0.1) is 0 Å². The lowest BCUT2D eigenvalue weighted by atomic mass is 9.95. The van der Waals surface area contributed by atoms with Gasteiger partial charge >= 0.3 is 6.09 Å². The number of aliphatic hydroxyl groups excluding tert-OH is 1. The first kappa shape index (κ1) is 16.2. The van der Waals surface area contributed by atoms with Crippen LogP contribution in [0.1, 0.15) is 40.0 Å². The molecule has 1 aliphatic rings. The van der Waals surface area contributed by atoms with Crippen molar-refractivity contribution in [3.63, 3.8) is 0 Å². The number of hydrogen-bond acceptors (Lipinski definition) is 4. The molecular weight excluding hydrogens is 244 g/mol. The molecule has 1 atom stereocenters. The van der Waals surface area contributed by atoms with E-state index in [1.807, 2.05) is 25.7 Å². The number of likely N-dealkylation sites (tertiary alicyclic amines) is 1. The van der Waals surface area contributed by atoms with Crippen LogP contribution in [0.2, 0.25) is 0 Å². The van der Waals surface area contributed by atoms with Crippen LogP contribution in [0.3, 0.4) is 0 Å². The highest BCUT2D eigenvalue weighted by molar-refractivity contribution is 5.68. The lowest BCUT2D eigenvalue weighted by Crippen LogP contribution is -2.43. The highest BCUT2D eigenvalue weighted by atomic mass is 16.6. The van der Waals surface area contributed by atoms with Crippen LogP contribution in [-0.4, -0.2) is 54.5 Å². The fourth-order valence-corrected chi connectivity index (χ4v) is 2.30. The number of hydrogen-bond donors (Lipinski definition) is 2. The van der Waals surface area contributed by atoms with Gasteiger partial charge in [-0.3, -0.25) is 0 Å². The third-order valence-corrected chi connectivity index (χ3v) is 3.19. The molecule has 0 aromatic rings. The molecule has 0 saturated carbocycles. The van der Waals surface area contributed by atoms with E-state index >= 15 is 0 Å². The molecule has 1 heterocycles. The van der Waals surface area contributed by atoms with E-state index in [9.17, 15) is 4.79 Å². The fraction of sp³-hybridized carbons (Fsp3) is 0.929. The zero-order valence-corrected chi connectivity index (χ0v) is 12.4. The van der Waals surface area contributed by atoms with Crippen molar-refractivity contribution in [3.05, 3.63) is 0 Å². The second-order valence-corrected chi connectivity index (χ2v) is 6.20. The highest BCUT2D eigenvalue weighted by Gasteiger charge is 2.27. The Labute approximate surface area is 116 Å². The van der Waals surface area contributed by atoms with Crippen LogP contribution in [0.25, 0.3) is 0 Å². The molecule has 0 radical (unpaired) electrons. The van der Waals surface area contributed by atoms with Crippen LogP contribution in [0.5, 0.6) is 0 Å². The van der Waals surface area contributed by atoms with Gasteiger partial charge in [0.2, 0.25) is 0 Å². The molecule has 1 saturated heterocycles. The van der Waals surface area contributed by atoms with Crippen LogP contribution in [0.4, 0.5) is 4.79 Å². The first-order chi connectivity index (χ1) is 8.92. The molecule has 1 unspecified atom stereocenters. The smallest absolute Gasteiger partial charge is 0.410 e. The first-order valence-electron chi connectivity index (χ1n) is 7.22. The van der Waals surface area contributed by atoms with Crippen molar-refractivity contribution in [2.75, 3.05) is 32.8 Å². The third kappa shape index (κ3) is 6.78. The quantitative estimate of drug-likeness (QED) is 0.746. The summed E-state index contributed by atoms with van der Waals surface area (Å²) in [6.45, 7) is 8.98. The monoisotopic (exact) mass is 272 g/mol. The maximum atomic E-state index is 12.0. The van der Waals surface area contributed by atoms with Crippen molar-refractivity contribution in [1.29, 1.82) is 0 Å². The van der Waals surface area contributed by atoms with Crippen molar-refractivity contribution in [3.8, 4) is 0 Å². The molecule has 1 rings (SSSR count). The van der Waals surface area contributed by atoms with Crippen LogP contribution < -0.4 is 5.32 Å². The third-order valence-electron chi connectivity index (χ3n) is 3.19. The van der Waals surface area contributed by atoms with Gasteiger partial charge in [0, 0.05) is 19.6 Å². The predicted octanol–water partition coefficient (Wildman–Crippen LogP) is 1.61. The molecule has 1 amide bonds. The van der Waals surface area contributed by atoms with Gasteiger partial charge < -0.3 is 20.1 Å². The average Bonchev–Trinajstić information content (AvgIpc) is 2.33. The summed E-state index contributed by atoms with van der Waals surface area (Å²) in [5, 5.41) is 11.9. The van der Waals surface area contributed by atoms with E-state index in [1.54, 1.807) is 0 Å². The van der Waals surface area contributed by atoms with Crippen molar-refractivity contribution in [2.24, 2.45) is 5.92 Å². The van der Waals surface area contributed by atoms with Gasteiger partial charge in [0.15, 0.2) is 0 Å². The summed E-state index contributed by atoms with van der Waals surface area (Å²) in [5.41, 5.74) is -0.424. The number of carbonyl (C=O) groups is 1. The topological polar surface area (TPSA) is 61.8 Å². The van der Waals surface area contributed by atoms with Crippen LogP contribution in [0.15, 0.2) is 0 Å². The molecule has 0 spiro atoms. The minimum Gasteiger partial charge on any atom is -0.444 e. The van der Waals surface area contributed by atoms with E-state index in [0.717, 1.165) is 32.5 Å². The lowest BCUT2D eigenvalue weighted by Gasteiger charge is -2.34. The number of carbonyl (C=O) groups excluding carboxylic acids is 1. The van der Waals surface area contributed by atoms with Gasteiger partial charge in [-0.1, -0.05) is 0 Å². The van der Waals surface area contributed by atoms with Gasteiger partial charge in [-0.25, -0.2) is 4.79 Å². The molecule has 5 heteroatoms. The number of piperidine rings is 1. The van der Waals surface area contributed by atoms with Gasteiger partial charge in [0.05, 0.1) is 6.61 Å². The highest BCUT2D eigenvalue weighted by Crippen LogP contribution is 2.21. The second-order valence-electron chi connectivity index (χ2n) is 6.20. The molecule has 0 aromatic carbocycles. The normalized spacial score (nSPS) is 20.4. The molecule has 112 valence electrons. The number of rotatable bonds is 5. The van der Waals surface area contributed by atoms with Gasteiger partial charge in [0.25, 0.3) is 0 Å². The van der Waals surface area contributed by atoms with Crippen LogP contribution in [0, 0.1) is 5.92 Å². The standard InChI is InChI=1S/C14H28N2O3/c1-14(2,3)19-13(18)16-9-4-5-12(11-16)6-7-15-8-10-17/h12,15,17H,4-11H2,1-3H3. The van der Waals surface area contributed by atoms with Crippen molar-refractivity contribution in [2.45, 2.75) is 45.6 Å². The summed E-state index contributed by atoms with van der Waals surface area (Å²) in [6, 6.07) is 0. The largest absolute Gasteiger partial charge is 0.444 e. The number of aliphatic hydroxyl groups is 1. The molecule has 19 heavy (non-hydrogen) atoms. The summed E-state index contributed by atoms with van der Waals surface area (Å²) in [7, 11) is 0. The summed E-state index contributed by atoms with van der Waals surface area (Å²) in [6.07, 6.45) is 3.06. The van der Waals surface area contributed by atoms with E-state index in [0.29, 0.717) is 12.5 Å². The SMILES string of the molecule is CC(C)(C)OC(=O)N1CCCC(CCNCCO)C1. The van der Waals surface area contributed by atoms with Gasteiger partial charge in [0.1, 0.15) is 5.60 Å². The Kier molecular flexibility index (Phi) is 6.58. The summed E-state index contributed by atoms with van der Waals surface area (Å²) >= 11 is 0. The summed E-state index contributed by atoms with van der Waals surface area (Å²) < 4.78 is 5.41. The van der Waals surface area contributed by atoms with Crippen LogP contribution >= 0.6 is 0 Å². The van der Waals surface area contributed by atoms with Crippen molar-refractivity contribution in [1.82, 2.24) is 10.2 Å². The molecular formula is C14H28N2O3. The predicted molar refractivity (Wildman–Crippen MR) is 75.1 cm³/mol. The minimum atomic E-state index is -0.424. The van der Waals surface area contributed by atoms with Crippen molar-refractivity contribution < 1.29 is 14.6 Å². The van der Waals surface area contributed by atoms with E-state index < -0.39 is 5.60 Å². The maximum absolute atomic E-state index is 12.0. The second kappa shape index (κ2) is 7.70. The Balaban J connectivity index is 2.31. The maximum Gasteiger partial charge on any atom is 0.410 e. The van der Waals surface area contributed by atoms with E-state index in [2.05, 4.69) is 5.32 Å². The Bertz CT molecular complexity index is 276. The zero-order chi connectivity index (χ0) is 14.3. The molecule has 1 aliphatic heterocycles. The molecule has 0 bridgehead atoms. The fourth-order valence-electron chi connectivity index (χ4n) is 2.30. The summed E-state index contributed by atoms with van der Waals surface area (Å²) in [4.78, 5) is 13.8. The minimum absolute atomic E-state index is 0.175. The molecule has 2 N–H and O–H groups in total. The van der Waals surface area contributed by atoms with Crippen molar-refractivity contribution >= 4 is 6.09 Å². The Morgan fingerprint density at radius 1 is 1.42 bits per heavy atom. The van der Waals surface area contributed by atoms with Crippen LogP contribution in [-0.2, 0) is 4.74 Å². The van der Waals surface area contributed by atoms with Gasteiger partial charge in [-0.05, 0) is 52.5 Å². The zero-order valence-electron chi connectivity index (χ0n) is 12.4. The van der Waals surface area contributed by atoms with E-state index in [4.69, 9.17) is 9.84 Å². The lowest BCUT2D eigenvalue weighted by molar-refractivity contribution is 0.0162. The number of nitrogens with zero attached hydrogens (tertiary/aromatic N) is 1. The molecule has 0 aliphatic carbocycles. The number of amides is 1. The van der Waals surface area contributed by atoms with Gasteiger partial charge in [-0.2, -0.15) is 0 Å². The number of nitrogens with one attached hydrogen (secondary N) is 1. The first-order valence-corrected chi connectivity index (χ1v) is 7.22. The summed E-state index contributed by atoms with van der Waals surface area (Å²) in [5.74, 6) is 0.535. The Morgan fingerprint density at radius 2 is 2.16 bits per heavy atom.